The Kier molecular flexibility index (Phi) is 3.35. The van der Waals surface area contributed by atoms with Crippen molar-refractivity contribution in [2.45, 2.75) is 13.3 Å². The van der Waals surface area contributed by atoms with E-state index >= 15 is 0 Å². The second kappa shape index (κ2) is 4.52. The largest absolute Gasteiger partial charge is 0.469 e. The van der Waals surface area contributed by atoms with E-state index in [-0.39, 0.29) is 5.91 Å². The van der Waals surface area contributed by atoms with Crippen LogP contribution in [-0.2, 0) is 6.42 Å². The van der Waals surface area contributed by atoms with Crippen LogP contribution in [0.4, 0.5) is 0 Å². The summed E-state index contributed by atoms with van der Waals surface area (Å²) < 4.78 is 5.16. The van der Waals surface area contributed by atoms with E-state index in [1.807, 2.05) is 6.92 Å². The first-order valence-electron chi connectivity index (χ1n) is 4.46. The number of amides is 1. The van der Waals surface area contributed by atoms with Crippen LogP contribution >= 0.6 is 0 Å². The first-order chi connectivity index (χ1) is 6.70. The molecule has 0 atom stereocenters. The van der Waals surface area contributed by atoms with Gasteiger partial charge in [0, 0.05) is 13.5 Å². The molecule has 0 N–H and O–H groups in total. The zero-order valence-electron chi connectivity index (χ0n) is 8.41. The van der Waals surface area contributed by atoms with Gasteiger partial charge in [-0.25, -0.2) is 0 Å². The zero-order valence-corrected chi connectivity index (χ0v) is 8.41. The minimum absolute atomic E-state index is 0.0893. The second-order valence-electron chi connectivity index (χ2n) is 2.98. The number of rotatable bonds is 3. The van der Waals surface area contributed by atoms with E-state index in [9.17, 15) is 4.79 Å². The maximum absolute atomic E-state index is 11.7. The van der Waals surface area contributed by atoms with Crippen LogP contribution in [0.3, 0.4) is 0 Å². The molecule has 0 unspecified atom stereocenters. The summed E-state index contributed by atoms with van der Waals surface area (Å²) in [5, 5.41) is 0. The van der Waals surface area contributed by atoms with Gasteiger partial charge in [0.05, 0.1) is 18.4 Å². The van der Waals surface area contributed by atoms with Gasteiger partial charge in [-0.2, -0.15) is 0 Å². The first-order valence-corrected chi connectivity index (χ1v) is 4.46. The molecule has 3 heteroatoms. The number of furan rings is 1. The number of hydrogen-bond acceptors (Lipinski definition) is 2. The number of hydrogen-bond donors (Lipinski definition) is 0. The van der Waals surface area contributed by atoms with Gasteiger partial charge in [-0.05, 0) is 6.07 Å². The Morgan fingerprint density at radius 1 is 1.71 bits per heavy atom. The third-order valence-corrected chi connectivity index (χ3v) is 1.97. The fraction of sp³-hybridized carbons (Fsp3) is 0.364. The number of nitrogens with zero attached hydrogens (tertiary/aromatic N) is 1. The topological polar surface area (TPSA) is 33.5 Å². The Hall–Kier alpha value is -1.69. The number of aryl methyl sites for hydroxylation is 1. The van der Waals surface area contributed by atoms with Crippen LogP contribution in [0, 0.1) is 12.3 Å². The Bertz CT molecular complexity index is 360. The Labute approximate surface area is 83.7 Å². The fourth-order valence-corrected chi connectivity index (χ4v) is 1.22. The molecule has 0 fully saturated rings. The summed E-state index contributed by atoms with van der Waals surface area (Å²) in [5.74, 6) is 3.04. The van der Waals surface area contributed by atoms with Gasteiger partial charge in [0.25, 0.3) is 5.91 Å². The van der Waals surface area contributed by atoms with Crippen molar-refractivity contribution in [3.8, 4) is 12.3 Å². The molecular formula is C11H13NO2. The normalized spacial score (nSPS) is 9.50. The van der Waals surface area contributed by atoms with Crippen molar-refractivity contribution < 1.29 is 9.21 Å². The van der Waals surface area contributed by atoms with Crippen molar-refractivity contribution in [2.75, 3.05) is 13.6 Å². The standard InChI is InChI=1S/C11H13NO2/c1-4-7-12(3)11(13)9-6-8-14-10(9)5-2/h1,6,8H,5,7H2,2-3H3. The lowest BCUT2D eigenvalue weighted by molar-refractivity contribution is 0.0810. The average molecular weight is 191 g/mol. The smallest absolute Gasteiger partial charge is 0.257 e. The molecular weight excluding hydrogens is 178 g/mol. The van der Waals surface area contributed by atoms with Crippen LogP contribution in [0.5, 0.6) is 0 Å². The summed E-state index contributed by atoms with van der Waals surface area (Å²) in [6.07, 6.45) is 7.35. The van der Waals surface area contributed by atoms with Crippen LogP contribution < -0.4 is 0 Å². The fourth-order valence-electron chi connectivity index (χ4n) is 1.22. The molecule has 0 spiro atoms. The molecule has 1 heterocycles. The Morgan fingerprint density at radius 2 is 2.43 bits per heavy atom. The van der Waals surface area contributed by atoms with Crippen LogP contribution in [0.25, 0.3) is 0 Å². The lowest BCUT2D eigenvalue weighted by Crippen LogP contribution is -2.27. The van der Waals surface area contributed by atoms with Crippen molar-refractivity contribution in [3.05, 3.63) is 23.7 Å². The summed E-state index contributed by atoms with van der Waals surface area (Å²) in [4.78, 5) is 13.2. The van der Waals surface area contributed by atoms with Crippen molar-refractivity contribution >= 4 is 5.91 Å². The highest BCUT2D eigenvalue weighted by molar-refractivity contribution is 5.95. The second-order valence-corrected chi connectivity index (χ2v) is 2.98. The lowest BCUT2D eigenvalue weighted by Gasteiger charge is -2.12. The molecule has 0 saturated carbocycles. The highest BCUT2D eigenvalue weighted by atomic mass is 16.3. The highest BCUT2D eigenvalue weighted by Gasteiger charge is 2.16. The summed E-state index contributed by atoms with van der Waals surface area (Å²) in [6.45, 7) is 2.25. The van der Waals surface area contributed by atoms with Gasteiger partial charge in [0.1, 0.15) is 5.76 Å². The van der Waals surface area contributed by atoms with Gasteiger partial charge in [0.15, 0.2) is 0 Å². The third kappa shape index (κ3) is 1.97. The zero-order chi connectivity index (χ0) is 10.6. The maximum Gasteiger partial charge on any atom is 0.257 e. The first kappa shape index (κ1) is 10.4. The molecule has 1 amide bonds. The predicted molar refractivity (Wildman–Crippen MR) is 53.9 cm³/mol. The molecule has 0 bridgehead atoms. The molecule has 0 aliphatic carbocycles. The average Bonchev–Trinajstić information content (AvgIpc) is 2.64. The molecule has 0 saturated heterocycles. The minimum atomic E-state index is -0.0893. The van der Waals surface area contributed by atoms with E-state index in [0.29, 0.717) is 24.3 Å². The van der Waals surface area contributed by atoms with Crippen molar-refractivity contribution in [3.63, 3.8) is 0 Å². The van der Waals surface area contributed by atoms with E-state index < -0.39 is 0 Å². The van der Waals surface area contributed by atoms with Gasteiger partial charge in [0.2, 0.25) is 0 Å². The van der Waals surface area contributed by atoms with E-state index in [2.05, 4.69) is 5.92 Å². The van der Waals surface area contributed by atoms with Gasteiger partial charge in [-0.15, -0.1) is 6.42 Å². The van der Waals surface area contributed by atoms with Gasteiger partial charge >= 0.3 is 0 Å². The van der Waals surface area contributed by atoms with Crippen molar-refractivity contribution in [1.29, 1.82) is 0 Å². The van der Waals surface area contributed by atoms with Crippen LogP contribution in [0.1, 0.15) is 23.0 Å². The SMILES string of the molecule is C#CCN(C)C(=O)c1ccoc1CC. The number of terminal acetylenes is 1. The van der Waals surface area contributed by atoms with Crippen molar-refractivity contribution in [2.24, 2.45) is 0 Å². The summed E-state index contributed by atoms with van der Waals surface area (Å²) >= 11 is 0. The molecule has 0 aliphatic rings. The molecule has 14 heavy (non-hydrogen) atoms. The summed E-state index contributed by atoms with van der Waals surface area (Å²) in [6, 6.07) is 1.67. The van der Waals surface area contributed by atoms with Gasteiger partial charge in [-0.1, -0.05) is 12.8 Å². The van der Waals surface area contributed by atoms with E-state index in [4.69, 9.17) is 10.8 Å². The number of carbonyl (C=O) groups is 1. The van der Waals surface area contributed by atoms with Gasteiger partial charge in [-0.3, -0.25) is 4.79 Å². The monoisotopic (exact) mass is 191 g/mol. The molecule has 0 aromatic carbocycles. The molecule has 1 aromatic heterocycles. The maximum atomic E-state index is 11.7. The summed E-state index contributed by atoms with van der Waals surface area (Å²) in [5.41, 5.74) is 0.602. The van der Waals surface area contributed by atoms with Crippen LogP contribution in [0.2, 0.25) is 0 Å². The van der Waals surface area contributed by atoms with E-state index in [1.54, 1.807) is 13.1 Å². The van der Waals surface area contributed by atoms with Crippen LogP contribution in [0.15, 0.2) is 16.7 Å². The molecule has 0 aliphatic heterocycles. The Morgan fingerprint density at radius 3 is 3.00 bits per heavy atom. The minimum Gasteiger partial charge on any atom is -0.469 e. The van der Waals surface area contributed by atoms with Gasteiger partial charge < -0.3 is 9.32 Å². The van der Waals surface area contributed by atoms with Crippen LogP contribution in [-0.4, -0.2) is 24.4 Å². The summed E-state index contributed by atoms with van der Waals surface area (Å²) in [7, 11) is 1.68. The molecule has 3 nitrogen and oxygen atoms in total. The molecule has 1 rings (SSSR count). The van der Waals surface area contributed by atoms with E-state index in [1.165, 1.54) is 11.2 Å². The third-order valence-electron chi connectivity index (χ3n) is 1.97. The highest BCUT2D eigenvalue weighted by Crippen LogP contribution is 2.12. The molecule has 0 radical (unpaired) electrons. The lowest BCUT2D eigenvalue weighted by atomic mass is 10.2. The predicted octanol–water partition coefficient (Wildman–Crippen LogP) is 1.55. The number of carbonyl (C=O) groups excluding carboxylic acids is 1. The Balaban J connectivity index is 2.84. The molecule has 74 valence electrons. The molecule has 1 aromatic rings. The van der Waals surface area contributed by atoms with E-state index in [0.717, 1.165) is 0 Å². The quantitative estimate of drug-likeness (QED) is 0.679. The van der Waals surface area contributed by atoms with Crippen molar-refractivity contribution in [1.82, 2.24) is 4.90 Å².